The Morgan fingerprint density at radius 3 is 2.33 bits per heavy atom. The highest BCUT2D eigenvalue weighted by Gasteiger charge is 1.79. The fourth-order valence-electron chi connectivity index (χ4n) is 0.232. The van der Waals surface area contributed by atoms with E-state index >= 15 is 0 Å². The summed E-state index contributed by atoms with van der Waals surface area (Å²) in [4.78, 5) is 3.58. The molecule has 0 saturated heterocycles. The van der Waals surface area contributed by atoms with Crippen molar-refractivity contribution in [3.63, 3.8) is 0 Å². The van der Waals surface area contributed by atoms with E-state index in [1.54, 1.807) is 0 Å². The zero-order valence-corrected chi connectivity index (χ0v) is 5.09. The number of rotatable bonds is 3. The minimum atomic E-state index is 0.0313. The molecule has 7 N–H and O–H groups in total. The molecule has 0 spiro atoms. The Hall–Kier alpha value is -1.39. The molecule has 0 fully saturated rings. The molecule has 0 amide bonds. The first kappa shape index (κ1) is 7.61. The molecule has 0 atom stereocenters. The zero-order chi connectivity index (χ0) is 7.28. The van der Waals surface area contributed by atoms with Crippen LogP contribution in [0, 0.1) is 0 Å². The van der Waals surface area contributed by atoms with E-state index < -0.39 is 0 Å². The average Bonchev–Trinajstić information content (AvgIpc) is 1.63. The molecule has 0 aromatic carbocycles. The van der Waals surface area contributed by atoms with Crippen LogP contribution in [0.4, 0.5) is 0 Å². The number of nitrogens with zero attached hydrogens (tertiary/aromatic N) is 1. The Balaban J connectivity index is 3.31. The molecule has 0 aliphatic rings. The van der Waals surface area contributed by atoms with Crippen LogP contribution in [-0.2, 0) is 0 Å². The third-order valence-corrected chi connectivity index (χ3v) is 0.568. The van der Waals surface area contributed by atoms with Gasteiger partial charge in [-0.05, 0) is 0 Å². The van der Waals surface area contributed by atoms with Crippen molar-refractivity contribution in [2.75, 3.05) is 6.67 Å². The lowest BCUT2D eigenvalue weighted by Gasteiger charge is -1.98. The minimum absolute atomic E-state index is 0.0313. The fraction of sp³-hybridized carbons (Fsp3) is 0.250. The van der Waals surface area contributed by atoms with Gasteiger partial charge in [0.1, 0.15) is 6.67 Å². The van der Waals surface area contributed by atoms with E-state index in [0.717, 1.165) is 0 Å². The van der Waals surface area contributed by atoms with Crippen LogP contribution in [0.5, 0.6) is 0 Å². The summed E-state index contributed by atoms with van der Waals surface area (Å²) in [5.41, 5.74) is 15.1. The first-order chi connectivity index (χ1) is 4.13. The van der Waals surface area contributed by atoms with Gasteiger partial charge in [0, 0.05) is 0 Å². The lowest BCUT2D eigenvalue weighted by atomic mass is 10.8. The summed E-state index contributed by atoms with van der Waals surface area (Å²) in [7, 11) is 0. The number of hydrogen-bond donors (Lipinski definition) is 4. The van der Waals surface area contributed by atoms with Gasteiger partial charge in [0.25, 0.3) is 0 Å². The predicted octanol–water partition coefficient (Wildman–Crippen LogP) is -1.76. The molecule has 0 rings (SSSR count). The maximum absolute atomic E-state index is 5.12. The Labute approximate surface area is 53.6 Å². The maximum Gasteiger partial charge on any atom is 0.187 e. The number of hydrogen-bond acceptors (Lipinski definition) is 3. The number of nitrogens with two attached hydrogens (primary N) is 3. The highest BCUT2D eigenvalue weighted by molar-refractivity contribution is 5.75. The van der Waals surface area contributed by atoms with E-state index in [9.17, 15) is 0 Å². The van der Waals surface area contributed by atoms with Crippen LogP contribution in [-0.4, -0.2) is 12.6 Å². The molecule has 0 unspecified atom stereocenters. The highest BCUT2D eigenvalue weighted by Crippen LogP contribution is 1.66. The van der Waals surface area contributed by atoms with Gasteiger partial charge in [-0.3, -0.25) is 0 Å². The van der Waals surface area contributed by atoms with Crippen LogP contribution in [0.15, 0.2) is 17.4 Å². The molecular formula is C4H11N5. The SMILES string of the molecule is C=C(N)NCN=C(N)N. The second-order valence-corrected chi connectivity index (χ2v) is 1.44. The third-order valence-electron chi connectivity index (χ3n) is 0.568. The second kappa shape index (κ2) is 3.59. The molecule has 0 heterocycles. The normalized spacial score (nSPS) is 8.00. The first-order valence-corrected chi connectivity index (χ1v) is 2.36. The summed E-state index contributed by atoms with van der Waals surface area (Å²) in [6.45, 7) is 3.64. The predicted molar refractivity (Wildman–Crippen MR) is 37.1 cm³/mol. The molecule has 5 nitrogen and oxygen atoms in total. The van der Waals surface area contributed by atoms with Crippen molar-refractivity contribution < 1.29 is 0 Å². The smallest absolute Gasteiger partial charge is 0.187 e. The lowest BCUT2D eigenvalue weighted by Crippen LogP contribution is -2.26. The van der Waals surface area contributed by atoms with Crippen molar-refractivity contribution in [1.82, 2.24) is 5.32 Å². The quantitative estimate of drug-likeness (QED) is 0.267. The molecule has 0 aromatic heterocycles. The van der Waals surface area contributed by atoms with Gasteiger partial charge >= 0.3 is 0 Å². The Morgan fingerprint density at radius 2 is 2.00 bits per heavy atom. The summed E-state index contributed by atoms with van der Waals surface area (Å²) in [5, 5.41) is 2.61. The molecule has 5 heteroatoms. The zero-order valence-electron chi connectivity index (χ0n) is 5.09. The molecule has 9 heavy (non-hydrogen) atoms. The van der Waals surface area contributed by atoms with Crippen molar-refractivity contribution in [2.24, 2.45) is 22.2 Å². The van der Waals surface area contributed by atoms with Crippen molar-refractivity contribution >= 4 is 5.96 Å². The van der Waals surface area contributed by atoms with Gasteiger partial charge in [-0.1, -0.05) is 6.58 Å². The molecular weight excluding hydrogens is 118 g/mol. The van der Waals surface area contributed by atoms with Gasteiger partial charge in [-0.15, -0.1) is 0 Å². The van der Waals surface area contributed by atoms with Gasteiger partial charge in [-0.25, -0.2) is 4.99 Å². The Bertz CT molecular complexity index is 123. The van der Waals surface area contributed by atoms with E-state index in [0.29, 0.717) is 5.82 Å². The van der Waals surface area contributed by atoms with Gasteiger partial charge in [0.05, 0.1) is 5.82 Å². The lowest BCUT2D eigenvalue weighted by molar-refractivity contribution is 0.817. The molecule has 0 aliphatic carbocycles. The van der Waals surface area contributed by atoms with Crippen molar-refractivity contribution in [1.29, 1.82) is 0 Å². The van der Waals surface area contributed by atoms with E-state index in [-0.39, 0.29) is 12.6 Å². The van der Waals surface area contributed by atoms with Gasteiger partial charge in [0.2, 0.25) is 0 Å². The highest BCUT2D eigenvalue weighted by atomic mass is 15.1. The van der Waals surface area contributed by atoms with Crippen molar-refractivity contribution in [3.8, 4) is 0 Å². The Morgan fingerprint density at radius 1 is 1.44 bits per heavy atom. The van der Waals surface area contributed by atoms with Crippen molar-refractivity contribution in [2.45, 2.75) is 0 Å². The van der Waals surface area contributed by atoms with Crippen LogP contribution < -0.4 is 22.5 Å². The van der Waals surface area contributed by atoms with E-state index in [2.05, 4.69) is 16.9 Å². The van der Waals surface area contributed by atoms with Gasteiger partial charge < -0.3 is 22.5 Å². The summed E-state index contributed by atoms with van der Waals surface area (Å²) in [6.07, 6.45) is 0. The fourth-order valence-corrected chi connectivity index (χ4v) is 0.232. The monoisotopic (exact) mass is 129 g/mol. The van der Waals surface area contributed by atoms with E-state index in [4.69, 9.17) is 17.2 Å². The van der Waals surface area contributed by atoms with Gasteiger partial charge in [0.15, 0.2) is 5.96 Å². The van der Waals surface area contributed by atoms with E-state index in [1.807, 2.05) is 0 Å². The first-order valence-electron chi connectivity index (χ1n) is 2.36. The molecule has 0 radical (unpaired) electrons. The number of nitrogens with one attached hydrogen (secondary N) is 1. The molecule has 0 saturated carbocycles. The minimum Gasteiger partial charge on any atom is -0.386 e. The summed E-state index contributed by atoms with van der Waals surface area (Å²) < 4.78 is 0. The van der Waals surface area contributed by atoms with Crippen LogP contribution in [0.1, 0.15) is 0 Å². The van der Waals surface area contributed by atoms with Crippen LogP contribution >= 0.6 is 0 Å². The number of guanidine groups is 1. The van der Waals surface area contributed by atoms with Crippen LogP contribution in [0.3, 0.4) is 0 Å². The largest absolute Gasteiger partial charge is 0.386 e. The summed E-state index contributed by atoms with van der Waals surface area (Å²) in [6, 6.07) is 0. The molecule has 0 aromatic rings. The van der Waals surface area contributed by atoms with Crippen LogP contribution in [0.25, 0.3) is 0 Å². The topological polar surface area (TPSA) is 102 Å². The van der Waals surface area contributed by atoms with Gasteiger partial charge in [-0.2, -0.15) is 0 Å². The Kier molecular flexibility index (Phi) is 3.04. The molecule has 52 valence electrons. The summed E-state index contributed by atoms with van der Waals surface area (Å²) in [5.74, 6) is 0.378. The standard InChI is InChI=1S/C4H11N5/c1-3(5)8-2-9-4(6)7/h8H,1-2,5H2,(H4,6,7,9). The van der Waals surface area contributed by atoms with Crippen molar-refractivity contribution in [3.05, 3.63) is 12.4 Å². The third kappa shape index (κ3) is 6.61. The van der Waals surface area contributed by atoms with E-state index in [1.165, 1.54) is 0 Å². The summed E-state index contributed by atoms with van der Waals surface area (Å²) >= 11 is 0. The van der Waals surface area contributed by atoms with Crippen LogP contribution in [0.2, 0.25) is 0 Å². The second-order valence-electron chi connectivity index (χ2n) is 1.44. The molecule has 0 aliphatic heterocycles. The average molecular weight is 129 g/mol. The maximum atomic E-state index is 5.12. The number of aliphatic imine (C=N–C) groups is 1. The molecule has 0 bridgehead atoms.